The molecule has 0 aliphatic carbocycles. The number of para-hydroxylation sites is 1. The van der Waals surface area contributed by atoms with E-state index in [0.717, 1.165) is 30.9 Å². The molecule has 2 aromatic carbocycles. The molecule has 2 amide bonds. The van der Waals surface area contributed by atoms with Crippen LogP contribution in [0.2, 0.25) is 0 Å². The van der Waals surface area contributed by atoms with Gasteiger partial charge in [-0.3, -0.25) is 14.5 Å². The third kappa shape index (κ3) is 5.72. The van der Waals surface area contributed by atoms with Crippen molar-refractivity contribution in [3.63, 3.8) is 0 Å². The second-order valence-corrected chi connectivity index (χ2v) is 7.26. The summed E-state index contributed by atoms with van der Waals surface area (Å²) >= 11 is 0. The Morgan fingerprint density at radius 2 is 1.87 bits per heavy atom. The van der Waals surface area contributed by atoms with Gasteiger partial charge in [0.1, 0.15) is 5.75 Å². The van der Waals surface area contributed by atoms with E-state index in [1.807, 2.05) is 24.3 Å². The Bertz CT molecular complexity index is 858. The lowest BCUT2D eigenvalue weighted by Gasteiger charge is -2.36. The highest BCUT2D eigenvalue weighted by Gasteiger charge is 2.27. The van der Waals surface area contributed by atoms with Crippen LogP contribution < -0.4 is 15.4 Å². The number of carbonyl (C=O) groups is 2. The number of rotatable bonds is 6. The van der Waals surface area contributed by atoms with E-state index in [4.69, 9.17) is 4.74 Å². The van der Waals surface area contributed by atoms with Crippen molar-refractivity contribution in [2.45, 2.75) is 6.04 Å². The third-order valence-electron chi connectivity index (χ3n) is 5.02. The lowest BCUT2D eigenvalue weighted by Crippen LogP contribution is -2.48. The van der Waals surface area contributed by atoms with Crippen molar-refractivity contribution in [3.05, 3.63) is 59.7 Å². The summed E-state index contributed by atoms with van der Waals surface area (Å²) in [4.78, 5) is 28.3. The van der Waals surface area contributed by atoms with Crippen molar-refractivity contribution in [3.8, 4) is 5.75 Å². The molecule has 2 N–H and O–H groups in total. The van der Waals surface area contributed by atoms with Gasteiger partial charge in [-0.05, 0) is 30.3 Å². The molecule has 30 heavy (non-hydrogen) atoms. The number of anilines is 1. The molecule has 0 bridgehead atoms. The van der Waals surface area contributed by atoms with Crippen molar-refractivity contribution in [1.29, 1.82) is 0 Å². The molecule has 162 valence electrons. The number of benzene rings is 2. The first-order valence-electron chi connectivity index (χ1n) is 9.69. The Labute approximate surface area is 183 Å². The predicted octanol–water partition coefficient (Wildman–Crippen LogP) is 2.40. The summed E-state index contributed by atoms with van der Waals surface area (Å²) in [5, 5.41) is 6.33. The molecule has 1 saturated heterocycles. The van der Waals surface area contributed by atoms with E-state index >= 15 is 0 Å². The number of halogens is 1. The van der Waals surface area contributed by atoms with Gasteiger partial charge in [0.05, 0.1) is 19.7 Å². The molecule has 0 radical (unpaired) electrons. The van der Waals surface area contributed by atoms with Crippen LogP contribution in [0.5, 0.6) is 5.75 Å². The number of amides is 2. The number of nitrogens with zero attached hydrogens (tertiary/aromatic N) is 2. The van der Waals surface area contributed by atoms with E-state index in [1.165, 1.54) is 4.90 Å². The summed E-state index contributed by atoms with van der Waals surface area (Å²) in [6.45, 7) is 2.64. The van der Waals surface area contributed by atoms with Crippen LogP contribution >= 0.6 is 12.4 Å². The molecule has 1 aliphatic heterocycles. The van der Waals surface area contributed by atoms with Gasteiger partial charge in [0.25, 0.3) is 5.91 Å². The van der Waals surface area contributed by atoms with Crippen LogP contribution in [0.25, 0.3) is 0 Å². The number of carbonyl (C=O) groups excluding carboxylic acids is 2. The Morgan fingerprint density at radius 1 is 1.17 bits per heavy atom. The van der Waals surface area contributed by atoms with E-state index in [-0.39, 0.29) is 36.8 Å². The lowest BCUT2D eigenvalue weighted by molar-refractivity contribution is -0.118. The SMILES string of the molecule is COc1ccccc1C1CNCCN1CC(=O)Nc1ccc(C(=O)N(C)C)cc1.Cl. The molecule has 1 atom stereocenters. The van der Waals surface area contributed by atoms with Gasteiger partial charge < -0.3 is 20.3 Å². The van der Waals surface area contributed by atoms with Crippen molar-refractivity contribution >= 4 is 29.9 Å². The largest absolute Gasteiger partial charge is 0.496 e. The fourth-order valence-electron chi connectivity index (χ4n) is 3.52. The molecular weight excluding hydrogens is 404 g/mol. The van der Waals surface area contributed by atoms with Gasteiger partial charge in [0, 0.05) is 50.5 Å². The van der Waals surface area contributed by atoms with Crippen LogP contribution in [-0.4, -0.2) is 69.0 Å². The van der Waals surface area contributed by atoms with E-state index in [1.54, 1.807) is 45.5 Å². The third-order valence-corrected chi connectivity index (χ3v) is 5.02. The molecule has 1 fully saturated rings. The average Bonchev–Trinajstić information content (AvgIpc) is 2.74. The Kier molecular flexibility index (Phi) is 8.65. The number of ether oxygens (including phenoxy) is 1. The van der Waals surface area contributed by atoms with Gasteiger partial charge in [-0.1, -0.05) is 18.2 Å². The van der Waals surface area contributed by atoms with Crippen molar-refractivity contribution in [1.82, 2.24) is 15.1 Å². The maximum atomic E-state index is 12.7. The van der Waals surface area contributed by atoms with Gasteiger partial charge in [-0.25, -0.2) is 0 Å². The van der Waals surface area contributed by atoms with Crippen LogP contribution in [-0.2, 0) is 4.79 Å². The number of methoxy groups -OCH3 is 1. The summed E-state index contributed by atoms with van der Waals surface area (Å²) in [7, 11) is 5.09. The number of nitrogens with one attached hydrogen (secondary N) is 2. The lowest BCUT2D eigenvalue weighted by atomic mass is 10.0. The molecule has 0 spiro atoms. The standard InChI is InChI=1S/C22H28N4O3.ClH/c1-25(2)22(28)16-8-10-17(11-9-16)24-21(27)15-26-13-12-23-14-19(26)18-6-4-5-7-20(18)29-3;/h4-11,19,23H,12-15H2,1-3H3,(H,24,27);1H. The summed E-state index contributed by atoms with van der Waals surface area (Å²) in [6.07, 6.45) is 0. The normalized spacial score (nSPS) is 16.3. The predicted molar refractivity (Wildman–Crippen MR) is 121 cm³/mol. The molecule has 8 heteroatoms. The second-order valence-electron chi connectivity index (χ2n) is 7.26. The summed E-state index contributed by atoms with van der Waals surface area (Å²) in [5.41, 5.74) is 2.34. The minimum Gasteiger partial charge on any atom is -0.496 e. The molecule has 1 heterocycles. The zero-order valence-corrected chi connectivity index (χ0v) is 18.4. The van der Waals surface area contributed by atoms with Crippen LogP contribution in [0.1, 0.15) is 22.0 Å². The van der Waals surface area contributed by atoms with Crippen molar-refractivity contribution in [2.75, 3.05) is 52.7 Å². The van der Waals surface area contributed by atoms with Gasteiger partial charge in [-0.2, -0.15) is 0 Å². The highest BCUT2D eigenvalue weighted by Crippen LogP contribution is 2.30. The molecule has 3 rings (SSSR count). The smallest absolute Gasteiger partial charge is 0.253 e. The molecule has 2 aromatic rings. The Hall–Kier alpha value is -2.61. The quantitative estimate of drug-likeness (QED) is 0.733. The first-order valence-corrected chi connectivity index (χ1v) is 9.69. The minimum atomic E-state index is -0.0847. The van der Waals surface area contributed by atoms with E-state index < -0.39 is 0 Å². The zero-order valence-electron chi connectivity index (χ0n) is 17.6. The summed E-state index contributed by atoms with van der Waals surface area (Å²) in [6, 6.07) is 14.9. The van der Waals surface area contributed by atoms with Crippen LogP contribution in [0.3, 0.4) is 0 Å². The molecule has 1 aliphatic rings. The molecule has 0 saturated carbocycles. The summed E-state index contributed by atoms with van der Waals surface area (Å²) in [5.74, 6) is 0.676. The van der Waals surface area contributed by atoms with Crippen molar-refractivity contribution < 1.29 is 14.3 Å². The number of hydrogen-bond donors (Lipinski definition) is 2. The molecule has 1 unspecified atom stereocenters. The van der Waals surface area contributed by atoms with Gasteiger partial charge in [0.15, 0.2) is 0 Å². The molecular formula is C22H29ClN4O3. The van der Waals surface area contributed by atoms with Crippen LogP contribution in [0, 0.1) is 0 Å². The first-order chi connectivity index (χ1) is 14.0. The Morgan fingerprint density at radius 3 is 2.53 bits per heavy atom. The second kappa shape index (κ2) is 11.0. The fraction of sp³-hybridized carbons (Fsp3) is 0.364. The van der Waals surface area contributed by atoms with E-state index in [9.17, 15) is 9.59 Å². The highest BCUT2D eigenvalue weighted by molar-refractivity contribution is 5.96. The molecule has 0 aromatic heterocycles. The fourth-order valence-corrected chi connectivity index (χ4v) is 3.52. The Balaban J connectivity index is 0.00000320. The van der Waals surface area contributed by atoms with Crippen molar-refractivity contribution in [2.24, 2.45) is 0 Å². The minimum absolute atomic E-state index is 0. The monoisotopic (exact) mass is 432 g/mol. The molecule has 7 nitrogen and oxygen atoms in total. The van der Waals surface area contributed by atoms with Crippen LogP contribution in [0.4, 0.5) is 5.69 Å². The topological polar surface area (TPSA) is 73.9 Å². The maximum absolute atomic E-state index is 12.7. The number of hydrogen-bond acceptors (Lipinski definition) is 5. The van der Waals surface area contributed by atoms with Gasteiger partial charge >= 0.3 is 0 Å². The highest BCUT2D eigenvalue weighted by atomic mass is 35.5. The van der Waals surface area contributed by atoms with Crippen LogP contribution in [0.15, 0.2) is 48.5 Å². The van der Waals surface area contributed by atoms with E-state index in [0.29, 0.717) is 11.3 Å². The van der Waals surface area contributed by atoms with Gasteiger partial charge in [-0.15, -0.1) is 12.4 Å². The maximum Gasteiger partial charge on any atom is 0.253 e. The summed E-state index contributed by atoms with van der Waals surface area (Å²) < 4.78 is 5.51. The number of piperazine rings is 1. The van der Waals surface area contributed by atoms with E-state index in [2.05, 4.69) is 15.5 Å². The van der Waals surface area contributed by atoms with Gasteiger partial charge in [0.2, 0.25) is 5.91 Å². The zero-order chi connectivity index (χ0) is 20.8. The first kappa shape index (κ1) is 23.7. The average molecular weight is 433 g/mol.